The molecule has 2 N–H and O–H groups in total. The van der Waals surface area contributed by atoms with E-state index >= 15 is 0 Å². The van der Waals surface area contributed by atoms with E-state index < -0.39 is 20.0 Å². The highest BCUT2D eigenvalue weighted by Crippen LogP contribution is 2.38. The predicted molar refractivity (Wildman–Crippen MR) is 252 cm³/mol. The summed E-state index contributed by atoms with van der Waals surface area (Å²) >= 11 is 0. The molecule has 3 unspecified atom stereocenters. The zero-order valence-electron chi connectivity index (χ0n) is 40.0. The molecule has 0 rings (SSSR count). The monoisotopic (exact) mass is 857 g/mol. The van der Waals surface area contributed by atoms with Gasteiger partial charge in [-0.25, -0.2) is 0 Å². The van der Waals surface area contributed by atoms with Crippen LogP contribution in [0.15, 0.2) is 12.2 Å². The topological polar surface area (TPSA) is 108 Å². The van der Waals surface area contributed by atoms with Crippen molar-refractivity contribution in [3.8, 4) is 0 Å². The van der Waals surface area contributed by atoms with E-state index in [2.05, 4.69) is 19.2 Å². The number of aliphatic hydroxyl groups is 1. The van der Waals surface area contributed by atoms with Gasteiger partial charge >= 0.3 is 0 Å². The molecule has 59 heavy (non-hydrogen) atoms. The summed E-state index contributed by atoms with van der Waals surface area (Å²) in [7, 11) is 1.27. The average molecular weight is 857 g/mol. The van der Waals surface area contributed by atoms with Crippen LogP contribution in [0.25, 0.3) is 0 Å². The lowest BCUT2D eigenvalue weighted by molar-refractivity contribution is -0.870. The number of unbranched alkanes of at least 4 members (excludes halogenated alkanes) is 34. The normalized spacial score (nSPS) is 14.2. The highest BCUT2D eigenvalue weighted by atomic mass is 31.2. The molecule has 0 aromatic carbocycles. The summed E-state index contributed by atoms with van der Waals surface area (Å²) in [5.41, 5.74) is 0. The summed E-state index contributed by atoms with van der Waals surface area (Å²) in [5.74, 6) is -0.194. The van der Waals surface area contributed by atoms with Crippen molar-refractivity contribution in [3.05, 3.63) is 12.2 Å². The second-order valence-corrected chi connectivity index (χ2v) is 20.3. The van der Waals surface area contributed by atoms with Crippen molar-refractivity contribution in [1.82, 2.24) is 5.32 Å². The van der Waals surface area contributed by atoms with Crippen molar-refractivity contribution in [3.63, 3.8) is 0 Å². The molecule has 0 aromatic heterocycles. The summed E-state index contributed by atoms with van der Waals surface area (Å²) < 4.78 is 23.3. The van der Waals surface area contributed by atoms with Gasteiger partial charge in [0.1, 0.15) is 13.2 Å². The molecular formula is C50H101N2O6P. The van der Waals surface area contributed by atoms with Crippen LogP contribution in [0.4, 0.5) is 0 Å². The van der Waals surface area contributed by atoms with Crippen molar-refractivity contribution in [2.45, 2.75) is 264 Å². The molecule has 0 saturated carbocycles. The molecule has 0 aliphatic rings. The Morgan fingerprint density at radius 1 is 0.576 bits per heavy atom. The fourth-order valence-electron chi connectivity index (χ4n) is 7.68. The lowest BCUT2D eigenvalue weighted by atomic mass is 10.0. The minimum Gasteiger partial charge on any atom is -0.756 e. The number of phosphoric ester groups is 1. The van der Waals surface area contributed by atoms with E-state index in [-0.39, 0.29) is 19.1 Å². The summed E-state index contributed by atoms with van der Waals surface area (Å²) in [6, 6.07) is -0.880. The van der Waals surface area contributed by atoms with Crippen molar-refractivity contribution in [2.75, 3.05) is 40.9 Å². The number of rotatable bonds is 47. The summed E-state index contributed by atoms with van der Waals surface area (Å²) in [5, 5.41) is 13.8. The van der Waals surface area contributed by atoms with Gasteiger partial charge in [-0.05, 0) is 19.3 Å². The van der Waals surface area contributed by atoms with E-state index in [0.29, 0.717) is 17.4 Å². The molecule has 352 valence electrons. The van der Waals surface area contributed by atoms with Gasteiger partial charge in [-0.3, -0.25) is 9.36 Å². The first kappa shape index (κ1) is 58.2. The van der Waals surface area contributed by atoms with Gasteiger partial charge in [0.15, 0.2) is 0 Å². The fraction of sp³-hybridized carbons (Fsp3) is 0.940. The van der Waals surface area contributed by atoms with E-state index in [0.717, 1.165) is 38.5 Å². The Morgan fingerprint density at radius 3 is 1.27 bits per heavy atom. The van der Waals surface area contributed by atoms with E-state index in [1.165, 1.54) is 193 Å². The first-order valence-corrected chi connectivity index (χ1v) is 27.0. The second-order valence-electron chi connectivity index (χ2n) is 18.9. The van der Waals surface area contributed by atoms with E-state index in [9.17, 15) is 19.4 Å². The zero-order chi connectivity index (χ0) is 43.6. The number of carbonyl (C=O) groups is 1. The first-order chi connectivity index (χ1) is 28.5. The number of allylic oxidation sites excluding steroid dienone is 1. The van der Waals surface area contributed by atoms with Gasteiger partial charge < -0.3 is 28.8 Å². The number of amides is 1. The number of likely N-dealkylation sites (N-methyl/N-ethyl adjacent to an activating group) is 1. The third-order valence-electron chi connectivity index (χ3n) is 11.7. The van der Waals surface area contributed by atoms with Crippen LogP contribution >= 0.6 is 7.82 Å². The van der Waals surface area contributed by atoms with Crippen LogP contribution in [0.5, 0.6) is 0 Å². The van der Waals surface area contributed by atoms with Crippen LogP contribution in [-0.4, -0.2) is 68.5 Å². The molecule has 8 nitrogen and oxygen atoms in total. The molecule has 0 bridgehead atoms. The Labute approximate surface area is 367 Å². The first-order valence-electron chi connectivity index (χ1n) is 25.6. The van der Waals surface area contributed by atoms with E-state index in [1.807, 2.05) is 27.2 Å². The van der Waals surface area contributed by atoms with Crippen molar-refractivity contribution in [2.24, 2.45) is 0 Å². The number of aliphatic hydroxyl groups excluding tert-OH is 1. The molecule has 0 radical (unpaired) electrons. The Bertz CT molecular complexity index is 974. The van der Waals surface area contributed by atoms with Gasteiger partial charge in [0.25, 0.3) is 7.82 Å². The minimum absolute atomic E-state index is 0.00233. The highest BCUT2D eigenvalue weighted by Gasteiger charge is 2.23. The van der Waals surface area contributed by atoms with Crippen LogP contribution in [0.2, 0.25) is 0 Å². The molecule has 0 aromatic rings. The zero-order valence-corrected chi connectivity index (χ0v) is 40.9. The highest BCUT2D eigenvalue weighted by molar-refractivity contribution is 7.45. The van der Waals surface area contributed by atoms with Crippen molar-refractivity contribution >= 4 is 13.7 Å². The van der Waals surface area contributed by atoms with Gasteiger partial charge in [0.05, 0.1) is 39.9 Å². The minimum atomic E-state index is -4.58. The molecule has 0 aliphatic heterocycles. The molecule has 9 heteroatoms. The summed E-state index contributed by atoms with van der Waals surface area (Å²) in [6.45, 7) is 4.67. The molecule has 0 spiro atoms. The van der Waals surface area contributed by atoms with Crippen LogP contribution in [-0.2, 0) is 18.4 Å². The number of hydrogen-bond acceptors (Lipinski definition) is 6. The van der Waals surface area contributed by atoms with Gasteiger partial charge in [0.2, 0.25) is 5.91 Å². The predicted octanol–water partition coefficient (Wildman–Crippen LogP) is 14.1. The number of hydrogen-bond donors (Lipinski definition) is 2. The number of nitrogens with one attached hydrogen (secondary N) is 1. The lowest BCUT2D eigenvalue weighted by Crippen LogP contribution is -2.45. The van der Waals surface area contributed by atoms with Gasteiger partial charge in [-0.15, -0.1) is 0 Å². The molecule has 0 aliphatic carbocycles. The van der Waals surface area contributed by atoms with E-state index in [1.54, 1.807) is 6.08 Å². The smallest absolute Gasteiger partial charge is 0.268 e. The van der Waals surface area contributed by atoms with Crippen molar-refractivity contribution < 1.29 is 32.9 Å². The van der Waals surface area contributed by atoms with Gasteiger partial charge in [-0.1, -0.05) is 238 Å². The largest absolute Gasteiger partial charge is 0.756 e. The molecule has 0 saturated heterocycles. The average Bonchev–Trinajstić information content (AvgIpc) is 3.19. The SMILES string of the molecule is CCCCCCCCCCCCCCCCCCCCCCCC/C=C/C(O)C(COP(=O)([O-])OCC[N+](C)(C)C)NC(=O)CCCCCCCCCCCCCCC. The Kier molecular flexibility index (Phi) is 42.0. The Balaban J connectivity index is 4.22. The summed E-state index contributed by atoms with van der Waals surface area (Å²) in [6.07, 6.45) is 49.8. The summed E-state index contributed by atoms with van der Waals surface area (Å²) in [4.78, 5) is 25.3. The number of phosphoric acid groups is 1. The molecule has 1 amide bonds. The fourth-order valence-corrected chi connectivity index (χ4v) is 8.41. The molecule has 0 fully saturated rings. The molecule has 3 atom stereocenters. The third kappa shape index (κ3) is 45.1. The quantitative estimate of drug-likeness (QED) is 0.0273. The van der Waals surface area contributed by atoms with Crippen LogP contribution < -0.4 is 10.2 Å². The number of quaternary nitrogens is 1. The van der Waals surface area contributed by atoms with Crippen molar-refractivity contribution in [1.29, 1.82) is 0 Å². The third-order valence-corrected chi connectivity index (χ3v) is 12.7. The van der Waals surface area contributed by atoms with E-state index in [4.69, 9.17) is 9.05 Å². The maximum Gasteiger partial charge on any atom is 0.268 e. The number of nitrogens with zero attached hydrogens (tertiary/aromatic N) is 1. The lowest BCUT2D eigenvalue weighted by Gasteiger charge is -2.29. The number of carbonyl (C=O) groups excluding carboxylic acids is 1. The second kappa shape index (κ2) is 42.5. The van der Waals surface area contributed by atoms with Gasteiger partial charge in [0, 0.05) is 6.42 Å². The van der Waals surface area contributed by atoms with Crippen LogP contribution in [0.3, 0.4) is 0 Å². The van der Waals surface area contributed by atoms with Crippen LogP contribution in [0, 0.1) is 0 Å². The Morgan fingerprint density at radius 2 is 0.915 bits per heavy atom. The molecular weight excluding hydrogens is 756 g/mol. The Hall–Kier alpha value is -0.760. The maximum absolute atomic E-state index is 12.9. The standard InChI is InChI=1S/C50H101N2O6P/c1-6-8-10-12-14-16-18-20-21-22-23-24-25-26-27-28-29-30-32-33-35-37-39-41-43-49(53)48(47-58-59(55,56)57-46-45-52(3,4)5)51-50(54)44-42-40-38-36-34-31-19-17-15-13-11-9-7-2/h41,43,48-49,53H,6-40,42,44-47H2,1-5H3,(H-,51,54,55,56)/b43-41+. The van der Waals surface area contributed by atoms with Gasteiger partial charge in [-0.2, -0.15) is 0 Å². The molecule has 0 heterocycles. The van der Waals surface area contributed by atoms with Crippen LogP contribution in [0.1, 0.15) is 251 Å². The maximum atomic E-state index is 12.9.